The van der Waals surface area contributed by atoms with Crippen molar-refractivity contribution in [3.8, 4) is 5.75 Å². The predicted octanol–water partition coefficient (Wildman–Crippen LogP) is 3.11. The molecule has 2 nitrogen and oxygen atoms in total. The Morgan fingerprint density at radius 2 is 2.24 bits per heavy atom. The molecular weight excluding hydrogens is 210 g/mol. The van der Waals surface area contributed by atoms with Crippen molar-refractivity contribution < 1.29 is 4.74 Å². The molecule has 0 radical (unpaired) electrons. The summed E-state index contributed by atoms with van der Waals surface area (Å²) in [6.45, 7) is 5.94. The van der Waals surface area contributed by atoms with Crippen molar-refractivity contribution >= 4 is 0 Å². The smallest absolute Gasteiger partial charge is 0.119 e. The van der Waals surface area contributed by atoms with E-state index in [1.54, 1.807) is 7.11 Å². The van der Waals surface area contributed by atoms with Crippen LogP contribution in [0, 0.1) is 0 Å². The average Bonchev–Trinajstić information content (AvgIpc) is 2.32. The Balaban J connectivity index is 1.88. The summed E-state index contributed by atoms with van der Waals surface area (Å²) < 4.78 is 5.25. The standard InChI is InChI=1S/C15H21NO/c1-4-11(2)16-14-8-13(9-14)12-6-5-7-15(10-12)17-3/h4-7,10-11,13-14,16H,1,8-9H2,2-3H3. The van der Waals surface area contributed by atoms with Crippen molar-refractivity contribution in [3.63, 3.8) is 0 Å². The number of methoxy groups -OCH3 is 1. The van der Waals surface area contributed by atoms with Crippen LogP contribution < -0.4 is 10.1 Å². The van der Waals surface area contributed by atoms with E-state index in [-0.39, 0.29) is 0 Å². The van der Waals surface area contributed by atoms with Gasteiger partial charge in [-0.2, -0.15) is 0 Å². The summed E-state index contributed by atoms with van der Waals surface area (Å²) in [6, 6.07) is 9.46. The van der Waals surface area contributed by atoms with Crippen LogP contribution >= 0.6 is 0 Å². The largest absolute Gasteiger partial charge is 0.497 e. The molecule has 0 aliphatic heterocycles. The van der Waals surface area contributed by atoms with Crippen molar-refractivity contribution in [2.45, 2.75) is 37.8 Å². The molecule has 2 rings (SSSR count). The lowest BCUT2D eigenvalue weighted by Crippen LogP contribution is -2.43. The lowest BCUT2D eigenvalue weighted by Gasteiger charge is -2.37. The summed E-state index contributed by atoms with van der Waals surface area (Å²) in [6.07, 6.45) is 4.38. The minimum Gasteiger partial charge on any atom is -0.497 e. The highest BCUT2D eigenvalue weighted by Crippen LogP contribution is 2.38. The summed E-state index contributed by atoms with van der Waals surface area (Å²) in [5, 5.41) is 3.55. The fourth-order valence-corrected chi connectivity index (χ4v) is 2.36. The van der Waals surface area contributed by atoms with E-state index in [1.165, 1.54) is 18.4 Å². The van der Waals surface area contributed by atoms with E-state index in [0.717, 1.165) is 5.75 Å². The van der Waals surface area contributed by atoms with Gasteiger partial charge in [0.2, 0.25) is 0 Å². The Kier molecular flexibility index (Phi) is 3.85. The summed E-state index contributed by atoms with van der Waals surface area (Å²) in [7, 11) is 1.72. The zero-order valence-corrected chi connectivity index (χ0v) is 10.6. The molecule has 0 heterocycles. The molecular formula is C15H21NO. The Labute approximate surface area is 104 Å². The van der Waals surface area contributed by atoms with Crippen LogP contribution in [0.1, 0.15) is 31.2 Å². The monoisotopic (exact) mass is 231 g/mol. The minimum absolute atomic E-state index is 0.409. The Morgan fingerprint density at radius 1 is 1.47 bits per heavy atom. The van der Waals surface area contributed by atoms with E-state index in [9.17, 15) is 0 Å². The molecule has 1 fully saturated rings. The second kappa shape index (κ2) is 5.37. The summed E-state index contributed by atoms with van der Waals surface area (Å²) >= 11 is 0. The lowest BCUT2D eigenvalue weighted by atomic mass is 9.75. The van der Waals surface area contributed by atoms with Gasteiger partial charge >= 0.3 is 0 Å². The van der Waals surface area contributed by atoms with E-state index in [1.807, 2.05) is 12.1 Å². The molecule has 1 saturated carbocycles. The Bertz CT molecular complexity index is 382. The number of nitrogens with one attached hydrogen (secondary N) is 1. The average molecular weight is 231 g/mol. The van der Waals surface area contributed by atoms with Crippen LogP contribution in [-0.2, 0) is 0 Å². The quantitative estimate of drug-likeness (QED) is 0.786. The molecule has 0 saturated heterocycles. The first-order valence-corrected chi connectivity index (χ1v) is 6.25. The number of hydrogen-bond donors (Lipinski definition) is 1. The third kappa shape index (κ3) is 2.89. The van der Waals surface area contributed by atoms with Gasteiger partial charge in [0.25, 0.3) is 0 Å². The molecule has 92 valence electrons. The van der Waals surface area contributed by atoms with E-state index in [0.29, 0.717) is 18.0 Å². The Morgan fingerprint density at radius 3 is 2.88 bits per heavy atom. The third-order valence-electron chi connectivity index (χ3n) is 3.56. The van der Waals surface area contributed by atoms with Gasteiger partial charge in [-0.05, 0) is 43.4 Å². The maximum Gasteiger partial charge on any atom is 0.119 e. The first kappa shape index (κ1) is 12.2. The van der Waals surface area contributed by atoms with Crippen LogP contribution in [-0.4, -0.2) is 19.2 Å². The van der Waals surface area contributed by atoms with Gasteiger partial charge in [0.1, 0.15) is 5.75 Å². The normalized spacial score (nSPS) is 24.8. The molecule has 17 heavy (non-hydrogen) atoms. The highest BCUT2D eigenvalue weighted by molar-refractivity contribution is 5.32. The van der Waals surface area contributed by atoms with Crippen molar-refractivity contribution in [1.82, 2.24) is 5.32 Å². The van der Waals surface area contributed by atoms with Crippen LogP contribution in [0.15, 0.2) is 36.9 Å². The van der Waals surface area contributed by atoms with Crippen LogP contribution in [0.2, 0.25) is 0 Å². The van der Waals surface area contributed by atoms with Crippen molar-refractivity contribution in [1.29, 1.82) is 0 Å². The van der Waals surface area contributed by atoms with Crippen molar-refractivity contribution in [2.24, 2.45) is 0 Å². The molecule has 1 unspecified atom stereocenters. The minimum atomic E-state index is 0.409. The molecule has 1 aromatic carbocycles. The SMILES string of the molecule is C=CC(C)NC1CC(c2cccc(OC)c2)C1. The first-order chi connectivity index (χ1) is 8.22. The van der Waals surface area contributed by atoms with Gasteiger partial charge in [-0.25, -0.2) is 0 Å². The fraction of sp³-hybridized carbons (Fsp3) is 0.467. The number of rotatable bonds is 5. The second-order valence-electron chi connectivity index (χ2n) is 4.83. The number of ether oxygens (including phenoxy) is 1. The van der Waals surface area contributed by atoms with Crippen molar-refractivity contribution in [3.05, 3.63) is 42.5 Å². The van der Waals surface area contributed by atoms with E-state index >= 15 is 0 Å². The molecule has 1 aliphatic rings. The van der Waals surface area contributed by atoms with Gasteiger partial charge < -0.3 is 10.1 Å². The van der Waals surface area contributed by atoms with Gasteiger partial charge in [-0.3, -0.25) is 0 Å². The van der Waals surface area contributed by atoms with Crippen molar-refractivity contribution in [2.75, 3.05) is 7.11 Å². The molecule has 0 amide bonds. The van der Waals surface area contributed by atoms with Crippen LogP contribution in [0.25, 0.3) is 0 Å². The predicted molar refractivity (Wildman–Crippen MR) is 71.6 cm³/mol. The molecule has 0 spiro atoms. The molecule has 0 bridgehead atoms. The molecule has 2 heteroatoms. The van der Waals surface area contributed by atoms with Gasteiger partial charge in [-0.15, -0.1) is 6.58 Å². The summed E-state index contributed by atoms with van der Waals surface area (Å²) in [4.78, 5) is 0. The van der Waals surface area contributed by atoms with E-state index in [4.69, 9.17) is 4.74 Å². The fourth-order valence-electron chi connectivity index (χ4n) is 2.36. The number of hydrogen-bond acceptors (Lipinski definition) is 2. The maximum atomic E-state index is 5.25. The van der Waals surface area contributed by atoms with E-state index in [2.05, 4.69) is 37.0 Å². The zero-order valence-electron chi connectivity index (χ0n) is 10.6. The molecule has 1 N–H and O–H groups in total. The number of benzene rings is 1. The molecule has 1 atom stereocenters. The third-order valence-corrected chi connectivity index (χ3v) is 3.56. The molecule has 1 aromatic rings. The van der Waals surface area contributed by atoms with Gasteiger partial charge in [0.05, 0.1) is 7.11 Å². The second-order valence-corrected chi connectivity index (χ2v) is 4.83. The lowest BCUT2D eigenvalue weighted by molar-refractivity contribution is 0.281. The molecule has 1 aliphatic carbocycles. The summed E-state index contributed by atoms with van der Waals surface area (Å²) in [5.74, 6) is 1.64. The van der Waals surface area contributed by atoms with Crippen LogP contribution in [0.4, 0.5) is 0 Å². The highest BCUT2D eigenvalue weighted by atomic mass is 16.5. The van der Waals surface area contributed by atoms with Crippen LogP contribution in [0.3, 0.4) is 0 Å². The molecule has 0 aromatic heterocycles. The highest BCUT2D eigenvalue weighted by Gasteiger charge is 2.30. The zero-order chi connectivity index (χ0) is 12.3. The van der Waals surface area contributed by atoms with Gasteiger partial charge in [0.15, 0.2) is 0 Å². The van der Waals surface area contributed by atoms with E-state index < -0.39 is 0 Å². The maximum absolute atomic E-state index is 5.25. The van der Waals surface area contributed by atoms with Gasteiger partial charge in [0, 0.05) is 12.1 Å². The Hall–Kier alpha value is -1.28. The first-order valence-electron chi connectivity index (χ1n) is 6.25. The van der Waals surface area contributed by atoms with Gasteiger partial charge in [-0.1, -0.05) is 18.2 Å². The van der Waals surface area contributed by atoms with Crippen LogP contribution in [0.5, 0.6) is 5.75 Å². The summed E-state index contributed by atoms with van der Waals surface area (Å²) in [5.41, 5.74) is 1.40. The topological polar surface area (TPSA) is 21.3 Å².